The molecule has 4 nitrogen and oxygen atoms in total. The number of rotatable bonds is 8. The number of aliphatic hydroxyl groups is 1. The zero-order valence-electron chi connectivity index (χ0n) is 13.4. The summed E-state index contributed by atoms with van der Waals surface area (Å²) in [5.74, 6) is -0.0336. The van der Waals surface area contributed by atoms with E-state index in [4.69, 9.17) is 0 Å². The van der Waals surface area contributed by atoms with E-state index < -0.39 is 6.10 Å². The van der Waals surface area contributed by atoms with E-state index >= 15 is 0 Å². The Morgan fingerprint density at radius 1 is 1.04 bits per heavy atom. The van der Waals surface area contributed by atoms with Gasteiger partial charge in [-0.3, -0.25) is 4.79 Å². The van der Waals surface area contributed by atoms with Crippen LogP contribution in [0.4, 0.5) is 5.69 Å². The van der Waals surface area contributed by atoms with Gasteiger partial charge in [0.25, 0.3) is 0 Å². The Morgan fingerprint density at radius 3 is 2.30 bits per heavy atom. The molecule has 4 heteroatoms. The summed E-state index contributed by atoms with van der Waals surface area (Å²) in [7, 11) is 0. The minimum Gasteiger partial charge on any atom is -0.391 e. The highest BCUT2D eigenvalue weighted by molar-refractivity contribution is 5.90. The van der Waals surface area contributed by atoms with Crippen LogP contribution in [0.25, 0.3) is 0 Å². The number of para-hydroxylation sites is 1. The Kier molecular flexibility index (Phi) is 6.78. The predicted octanol–water partition coefficient (Wildman–Crippen LogP) is 2.60. The molecule has 3 N–H and O–H groups in total. The van der Waals surface area contributed by atoms with E-state index in [-0.39, 0.29) is 11.9 Å². The first-order chi connectivity index (χ1) is 11.1. The smallest absolute Gasteiger partial charge is 0.225 e. The summed E-state index contributed by atoms with van der Waals surface area (Å²) >= 11 is 0. The van der Waals surface area contributed by atoms with Gasteiger partial charge in [-0.15, -0.1) is 0 Å². The number of hydrogen-bond acceptors (Lipinski definition) is 3. The van der Waals surface area contributed by atoms with Crippen molar-refractivity contribution >= 4 is 11.6 Å². The van der Waals surface area contributed by atoms with Gasteiger partial charge in [0.15, 0.2) is 0 Å². The van der Waals surface area contributed by atoms with Gasteiger partial charge in [-0.05, 0) is 31.0 Å². The Morgan fingerprint density at radius 2 is 1.65 bits per heavy atom. The molecule has 0 fully saturated rings. The van der Waals surface area contributed by atoms with Crippen molar-refractivity contribution in [2.45, 2.75) is 31.9 Å². The van der Waals surface area contributed by atoms with Gasteiger partial charge in [-0.25, -0.2) is 0 Å². The van der Waals surface area contributed by atoms with Crippen LogP contribution >= 0.6 is 0 Å². The molecular weight excluding hydrogens is 288 g/mol. The van der Waals surface area contributed by atoms with Crippen LogP contribution in [0.2, 0.25) is 0 Å². The molecule has 0 aliphatic carbocycles. The van der Waals surface area contributed by atoms with Crippen molar-refractivity contribution in [2.24, 2.45) is 0 Å². The fraction of sp³-hybridized carbons (Fsp3) is 0.316. The second-order valence-electron chi connectivity index (χ2n) is 5.77. The van der Waals surface area contributed by atoms with Crippen LogP contribution in [0.1, 0.15) is 18.9 Å². The molecule has 2 aromatic carbocycles. The molecule has 2 unspecified atom stereocenters. The highest BCUT2D eigenvalue weighted by Crippen LogP contribution is 2.06. The number of aliphatic hydroxyl groups excluding tert-OH is 1. The average molecular weight is 312 g/mol. The van der Waals surface area contributed by atoms with E-state index in [1.165, 1.54) is 0 Å². The van der Waals surface area contributed by atoms with Crippen LogP contribution in [-0.2, 0) is 11.2 Å². The first kappa shape index (κ1) is 17.2. The zero-order valence-corrected chi connectivity index (χ0v) is 13.4. The molecule has 0 spiro atoms. The molecule has 0 heterocycles. The lowest BCUT2D eigenvalue weighted by Gasteiger charge is -2.17. The van der Waals surface area contributed by atoms with E-state index in [0.29, 0.717) is 19.4 Å². The summed E-state index contributed by atoms with van der Waals surface area (Å²) in [5, 5.41) is 16.1. The average Bonchev–Trinajstić information content (AvgIpc) is 2.55. The van der Waals surface area contributed by atoms with Crippen molar-refractivity contribution < 1.29 is 9.90 Å². The summed E-state index contributed by atoms with van der Waals surface area (Å²) in [6, 6.07) is 19.3. The quantitative estimate of drug-likeness (QED) is 0.702. The summed E-state index contributed by atoms with van der Waals surface area (Å²) < 4.78 is 0. The molecule has 23 heavy (non-hydrogen) atoms. The minimum atomic E-state index is -0.461. The molecule has 0 radical (unpaired) electrons. The molecule has 1 amide bonds. The Balaban J connectivity index is 1.68. The van der Waals surface area contributed by atoms with Crippen molar-refractivity contribution in [1.82, 2.24) is 5.32 Å². The van der Waals surface area contributed by atoms with Gasteiger partial charge in [0.2, 0.25) is 5.91 Å². The van der Waals surface area contributed by atoms with Gasteiger partial charge in [0, 0.05) is 24.7 Å². The zero-order chi connectivity index (χ0) is 16.5. The Labute approximate surface area is 137 Å². The van der Waals surface area contributed by atoms with Crippen LogP contribution in [-0.4, -0.2) is 29.7 Å². The molecular formula is C19H24N2O2. The van der Waals surface area contributed by atoms with E-state index in [1.54, 1.807) is 0 Å². The molecule has 0 aliphatic rings. The van der Waals surface area contributed by atoms with Crippen molar-refractivity contribution in [1.29, 1.82) is 0 Å². The monoisotopic (exact) mass is 312 g/mol. The molecule has 2 rings (SSSR count). The lowest BCUT2D eigenvalue weighted by atomic mass is 10.1. The van der Waals surface area contributed by atoms with Gasteiger partial charge < -0.3 is 15.7 Å². The Hall–Kier alpha value is -2.17. The van der Waals surface area contributed by atoms with Gasteiger partial charge in [0.1, 0.15) is 0 Å². The summed E-state index contributed by atoms with van der Waals surface area (Å²) in [6.07, 6.45) is 0.515. The van der Waals surface area contributed by atoms with Crippen molar-refractivity contribution in [3.8, 4) is 0 Å². The van der Waals surface area contributed by atoms with Crippen LogP contribution in [0, 0.1) is 0 Å². The lowest BCUT2D eigenvalue weighted by Crippen LogP contribution is -2.36. The number of amides is 1. The number of hydrogen-bond donors (Lipinski definition) is 3. The molecule has 2 atom stereocenters. The van der Waals surface area contributed by atoms with Crippen LogP contribution in [0.5, 0.6) is 0 Å². The van der Waals surface area contributed by atoms with Crippen LogP contribution in [0.15, 0.2) is 60.7 Å². The first-order valence-corrected chi connectivity index (χ1v) is 7.94. The first-order valence-electron chi connectivity index (χ1n) is 7.94. The second-order valence-corrected chi connectivity index (χ2v) is 5.77. The summed E-state index contributed by atoms with van der Waals surface area (Å²) in [5.41, 5.74) is 1.91. The Bertz CT molecular complexity index is 587. The van der Waals surface area contributed by atoms with E-state index in [9.17, 15) is 9.90 Å². The molecule has 0 bridgehead atoms. The molecule has 0 aromatic heterocycles. The lowest BCUT2D eigenvalue weighted by molar-refractivity contribution is -0.116. The summed E-state index contributed by atoms with van der Waals surface area (Å²) in [4.78, 5) is 11.9. The van der Waals surface area contributed by atoms with E-state index in [1.807, 2.05) is 67.6 Å². The molecule has 0 saturated heterocycles. The third-order valence-electron chi connectivity index (χ3n) is 3.57. The van der Waals surface area contributed by atoms with Gasteiger partial charge >= 0.3 is 0 Å². The second kappa shape index (κ2) is 9.08. The third kappa shape index (κ3) is 6.63. The fourth-order valence-electron chi connectivity index (χ4n) is 2.38. The van der Waals surface area contributed by atoms with Gasteiger partial charge in [-0.1, -0.05) is 48.5 Å². The number of carbonyl (C=O) groups excluding carboxylic acids is 1. The van der Waals surface area contributed by atoms with Crippen LogP contribution < -0.4 is 10.6 Å². The van der Waals surface area contributed by atoms with Gasteiger partial charge in [0.05, 0.1) is 6.10 Å². The molecule has 2 aromatic rings. The normalized spacial score (nSPS) is 13.3. The molecule has 0 aliphatic heterocycles. The maximum Gasteiger partial charge on any atom is 0.225 e. The number of carbonyl (C=O) groups is 1. The van der Waals surface area contributed by atoms with Crippen molar-refractivity contribution in [3.63, 3.8) is 0 Å². The minimum absolute atomic E-state index is 0.00383. The molecule has 0 saturated carbocycles. The topological polar surface area (TPSA) is 61.4 Å². The predicted molar refractivity (Wildman–Crippen MR) is 93.3 cm³/mol. The number of anilines is 1. The summed E-state index contributed by atoms with van der Waals surface area (Å²) in [6.45, 7) is 2.41. The van der Waals surface area contributed by atoms with Gasteiger partial charge in [-0.2, -0.15) is 0 Å². The van der Waals surface area contributed by atoms with E-state index in [2.05, 4.69) is 10.6 Å². The maximum atomic E-state index is 11.9. The van der Waals surface area contributed by atoms with Crippen molar-refractivity contribution in [3.05, 3.63) is 66.2 Å². The highest BCUT2D eigenvalue weighted by atomic mass is 16.3. The molecule has 122 valence electrons. The number of benzene rings is 2. The van der Waals surface area contributed by atoms with Crippen LogP contribution in [0.3, 0.4) is 0 Å². The largest absolute Gasteiger partial charge is 0.391 e. The highest BCUT2D eigenvalue weighted by Gasteiger charge is 2.11. The van der Waals surface area contributed by atoms with E-state index in [0.717, 1.165) is 11.3 Å². The maximum absolute atomic E-state index is 11.9. The third-order valence-corrected chi connectivity index (χ3v) is 3.57. The SMILES string of the molecule is CC(CC(=O)Nc1ccccc1)NCC(O)Cc1ccccc1. The standard InChI is InChI=1S/C19H24N2O2/c1-15(12-19(23)21-17-10-6-3-7-11-17)20-14-18(22)13-16-8-4-2-5-9-16/h2-11,15,18,20,22H,12-14H2,1H3,(H,21,23). The number of nitrogens with one attached hydrogen (secondary N) is 2. The van der Waals surface area contributed by atoms with Crippen molar-refractivity contribution in [2.75, 3.05) is 11.9 Å². The fourth-order valence-corrected chi connectivity index (χ4v) is 2.38.